The van der Waals surface area contributed by atoms with Gasteiger partial charge in [0.1, 0.15) is 5.75 Å². The first-order chi connectivity index (χ1) is 12.7. The summed E-state index contributed by atoms with van der Waals surface area (Å²) >= 11 is 11.7. The Hall–Kier alpha value is -2.84. The summed E-state index contributed by atoms with van der Waals surface area (Å²) in [6.45, 7) is 1.37. The molecule has 0 aliphatic rings. The first-order valence-electron chi connectivity index (χ1n) is 7.52. The standard InChI is InChI=1S/C17H14Cl2N2O6/c1-9(27-17(23)12-5-3-10(18)7-13(12)19)16(22)20-14-6-4-11(21(24)25)8-15(14)26-2/h3-9H,1-2H3,(H,20,22)/t9-/m0/s1. The van der Waals surface area contributed by atoms with Gasteiger partial charge in [-0.2, -0.15) is 0 Å². The van der Waals surface area contributed by atoms with Crippen LogP contribution in [-0.4, -0.2) is 30.0 Å². The summed E-state index contributed by atoms with van der Waals surface area (Å²) in [5, 5.41) is 13.7. The number of methoxy groups -OCH3 is 1. The highest BCUT2D eigenvalue weighted by Crippen LogP contribution is 2.29. The molecule has 0 heterocycles. The molecular formula is C17H14Cl2N2O6. The van der Waals surface area contributed by atoms with E-state index in [1.165, 1.54) is 50.4 Å². The fraction of sp³-hybridized carbons (Fsp3) is 0.176. The molecule has 0 aliphatic carbocycles. The zero-order valence-corrected chi connectivity index (χ0v) is 15.7. The number of nitro benzene ring substituents is 1. The SMILES string of the molecule is COc1cc([N+](=O)[O-])ccc1NC(=O)[C@H](C)OC(=O)c1ccc(Cl)cc1Cl. The Bertz CT molecular complexity index is 903. The maximum absolute atomic E-state index is 12.3. The molecule has 0 aliphatic heterocycles. The number of carbonyl (C=O) groups is 2. The van der Waals surface area contributed by atoms with Gasteiger partial charge in [-0.3, -0.25) is 14.9 Å². The summed E-state index contributed by atoms with van der Waals surface area (Å²) in [7, 11) is 1.31. The van der Waals surface area contributed by atoms with Crippen molar-refractivity contribution >= 4 is 46.5 Å². The van der Waals surface area contributed by atoms with Crippen LogP contribution in [0, 0.1) is 10.1 Å². The fourth-order valence-electron chi connectivity index (χ4n) is 2.06. The predicted molar refractivity (Wildman–Crippen MR) is 99.6 cm³/mol. The van der Waals surface area contributed by atoms with E-state index in [9.17, 15) is 19.7 Å². The first kappa shape index (κ1) is 20.5. The molecule has 1 atom stereocenters. The van der Waals surface area contributed by atoms with Crippen LogP contribution in [0.2, 0.25) is 10.0 Å². The predicted octanol–water partition coefficient (Wildman–Crippen LogP) is 4.09. The molecule has 0 fully saturated rings. The Kier molecular flexibility index (Phi) is 6.59. The number of nitrogens with one attached hydrogen (secondary N) is 1. The summed E-state index contributed by atoms with van der Waals surface area (Å²) in [6.07, 6.45) is -1.16. The summed E-state index contributed by atoms with van der Waals surface area (Å²) in [5.41, 5.74) is 0.0656. The quantitative estimate of drug-likeness (QED) is 0.434. The second-order valence-electron chi connectivity index (χ2n) is 5.30. The van der Waals surface area contributed by atoms with Crippen molar-refractivity contribution < 1.29 is 24.0 Å². The number of anilines is 1. The Morgan fingerprint density at radius 2 is 1.89 bits per heavy atom. The Balaban J connectivity index is 2.09. The van der Waals surface area contributed by atoms with Crippen molar-refractivity contribution in [3.63, 3.8) is 0 Å². The third-order valence-electron chi connectivity index (χ3n) is 3.46. The van der Waals surface area contributed by atoms with Crippen molar-refractivity contribution in [3.8, 4) is 5.75 Å². The molecule has 0 unspecified atom stereocenters. The average molecular weight is 413 g/mol. The lowest BCUT2D eigenvalue weighted by atomic mass is 10.2. The normalized spacial score (nSPS) is 11.4. The molecule has 0 saturated heterocycles. The minimum Gasteiger partial charge on any atom is -0.494 e. The lowest BCUT2D eigenvalue weighted by molar-refractivity contribution is -0.384. The molecular weight excluding hydrogens is 399 g/mol. The van der Waals surface area contributed by atoms with Gasteiger partial charge in [0.15, 0.2) is 6.10 Å². The molecule has 2 aromatic carbocycles. The number of rotatable bonds is 6. The van der Waals surface area contributed by atoms with Crippen molar-refractivity contribution in [2.24, 2.45) is 0 Å². The van der Waals surface area contributed by atoms with E-state index in [0.717, 1.165) is 0 Å². The first-order valence-corrected chi connectivity index (χ1v) is 8.28. The van der Waals surface area contributed by atoms with E-state index in [1.54, 1.807) is 0 Å². The minimum atomic E-state index is -1.16. The van der Waals surface area contributed by atoms with E-state index in [1.807, 2.05) is 0 Å². The number of non-ortho nitro benzene ring substituents is 1. The minimum absolute atomic E-state index is 0.0635. The summed E-state index contributed by atoms with van der Waals surface area (Å²) < 4.78 is 10.1. The van der Waals surface area contributed by atoms with Crippen LogP contribution in [0.4, 0.5) is 11.4 Å². The monoisotopic (exact) mass is 412 g/mol. The van der Waals surface area contributed by atoms with Crippen molar-refractivity contribution in [2.75, 3.05) is 12.4 Å². The van der Waals surface area contributed by atoms with Crippen LogP contribution in [0.25, 0.3) is 0 Å². The maximum atomic E-state index is 12.3. The van der Waals surface area contributed by atoms with Gasteiger partial charge in [-0.15, -0.1) is 0 Å². The van der Waals surface area contributed by atoms with Gasteiger partial charge in [0.25, 0.3) is 11.6 Å². The number of ether oxygens (including phenoxy) is 2. The smallest absolute Gasteiger partial charge is 0.340 e. The lowest BCUT2D eigenvalue weighted by Crippen LogP contribution is -2.30. The van der Waals surface area contributed by atoms with Crippen LogP contribution in [0.1, 0.15) is 17.3 Å². The van der Waals surface area contributed by atoms with Crippen LogP contribution in [-0.2, 0) is 9.53 Å². The van der Waals surface area contributed by atoms with E-state index in [0.29, 0.717) is 5.02 Å². The van der Waals surface area contributed by atoms with Gasteiger partial charge in [0.2, 0.25) is 0 Å². The lowest BCUT2D eigenvalue weighted by Gasteiger charge is -2.15. The van der Waals surface area contributed by atoms with Gasteiger partial charge < -0.3 is 14.8 Å². The second-order valence-corrected chi connectivity index (χ2v) is 6.15. The second kappa shape index (κ2) is 8.70. The molecule has 2 rings (SSSR count). The topological polar surface area (TPSA) is 108 Å². The molecule has 2 aromatic rings. The highest BCUT2D eigenvalue weighted by molar-refractivity contribution is 6.36. The average Bonchev–Trinajstić information content (AvgIpc) is 2.61. The van der Waals surface area contributed by atoms with Crippen molar-refractivity contribution in [2.45, 2.75) is 13.0 Å². The number of hydrogen-bond acceptors (Lipinski definition) is 6. The molecule has 0 bridgehead atoms. The number of nitrogens with zero attached hydrogens (tertiary/aromatic N) is 1. The highest BCUT2D eigenvalue weighted by Gasteiger charge is 2.22. The molecule has 27 heavy (non-hydrogen) atoms. The highest BCUT2D eigenvalue weighted by atomic mass is 35.5. The molecule has 0 radical (unpaired) electrons. The van der Waals surface area contributed by atoms with Gasteiger partial charge in [-0.1, -0.05) is 23.2 Å². The fourth-order valence-corrected chi connectivity index (χ4v) is 2.55. The number of nitro groups is 1. The van der Waals surface area contributed by atoms with E-state index >= 15 is 0 Å². The van der Waals surface area contributed by atoms with E-state index in [-0.39, 0.29) is 27.7 Å². The molecule has 142 valence electrons. The number of amides is 1. The van der Waals surface area contributed by atoms with Crippen LogP contribution in [0.5, 0.6) is 5.75 Å². The summed E-state index contributed by atoms with van der Waals surface area (Å²) in [4.78, 5) is 34.6. The van der Waals surface area contributed by atoms with Gasteiger partial charge in [0.05, 0.1) is 34.4 Å². The zero-order valence-electron chi connectivity index (χ0n) is 14.2. The summed E-state index contributed by atoms with van der Waals surface area (Å²) in [6, 6.07) is 7.93. The van der Waals surface area contributed by atoms with Gasteiger partial charge in [-0.25, -0.2) is 4.79 Å². The number of esters is 1. The Morgan fingerprint density at radius 1 is 1.19 bits per heavy atom. The molecule has 1 N–H and O–H groups in total. The Labute approximate surface area is 164 Å². The van der Waals surface area contributed by atoms with E-state index in [2.05, 4.69) is 5.32 Å². The summed E-state index contributed by atoms with van der Waals surface area (Å²) in [5.74, 6) is -1.35. The molecule has 1 amide bonds. The van der Waals surface area contributed by atoms with Crippen LogP contribution >= 0.6 is 23.2 Å². The number of benzene rings is 2. The van der Waals surface area contributed by atoms with E-state index in [4.69, 9.17) is 32.7 Å². The molecule has 0 saturated carbocycles. The van der Waals surface area contributed by atoms with Gasteiger partial charge in [-0.05, 0) is 31.2 Å². The molecule has 0 aromatic heterocycles. The number of carbonyl (C=O) groups excluding carboxylic acids is 2. The van der Waals surface area contributed by atoms with Crippen molar-refractivity contribution in [1.29, 1.82) is 0 Å². The van der Waals surface area contributed by atoms with E-state index < -0.39 is 22.9 Å². The van der Waals surface area contributed by atoms with Gasteiger partial charge >= 0.3 is 5.97 Å². The van der Waals surface area contributed by atoms with Gasteiger partial charge in [0, 0.05) is 11.1 Å². The molecule has 0 spiro atoms. The van der Waals surface area contributed by atoms with Crippen LogP contribution in [0.3, 0.4) is 0 Å². The van der Waals surface area contributed by atoms with Crippen molar-refractivity contribution in [3.05, 3.63) is 62.1 Å². The van der Waals surface area contributed by atoms with Crippen LogP contribution < -0.4 is 10.1 Å². The number of hydrogen-bond donors (Lipinski definition) is 1. The largest absolute Gasteiger partial charge is 0.494 e. The maximum Gasteiger partial charge on any atom is 0.340 e. The van der Waals surface area contributed by atoms with Crippen LogP contribution in [0.15, 0.2) is 36.4 Å². The number of halogens is 2. The zero-order chi connectivity index (χ0) is 20.1. The Morgan fingerprint density at radius 3 is 2.48 bits per heavy atom. The van der Waals surface area contributed by atoms with Crippen molar-refractivity contribution in [1.82, 2.24) is 0 Å². The molecule has 8 nitrogen and oxygen atoms in total. The molecule has 10 heteroatoms. The third kappa shape index (κ3) is 5.08. The third-order valence-corrected chi connectivity index (χ3v) is 4.01.